The Labute approximate surface area is 81.5 Å². The maximum Gasteiger partial charge on any atom is 0 e. The van der Waals surface area contributed by atoms with Crippen molar-refractivity contribution in [2.24, 2.45) is 0 Å². The average molecular weight is 193 g/mol. The molecule has 0 amide bonds. The van der Waals surface area contributed by atoms with Crippen LogP contribution in [0.5, 0.6) is 0 Å². The van der Waals surface area contributed by atoms with Gasteiger partial charge in [-0.1, -0.05) is 5.56 Å². The first-order chi connectivity index (χ1) is 3.79. The molecule has 0 nitrogen and oxygen atoms in total. The molecule has 9 heavy (non-hydrogen) atoms. The van der Waals surface area contributed by atoms with Gasteiger partial charge in [-0.2, -0.15) is 12.1 Å². The Morgan fingerprint density at radius 2 is 2.11 bits per heavy atom. The van der Waals surface area contributed by atoms with Crippen LogP contribution in [0.4, 0.5) is 0 Å². The van der Waals surface area contributed by atoms with E-state index >= 15 is 0 Å². The van der Waals surface area contributed by atoms with Crippen molar-refractivity contribution >= 4 is 0 Å². The third-order valence-corrected chi connectivity index (χ3v) is 1.03. The molecule has 0 spiro atoms. The van der Waals surface area contributed by atoms with Crippen molar-refractivity contribution in [3.05, 3.63) is 42.3 Å². The minimum absolute atomic E-state index is 0. The molecule has 0 fully saturated rings. The number of benzene rings is 1. The maximum absolute atomic E-state index is 3.71. The number of hydrogen-bond donors (Lipinski definition) is 0. The first kappa shape index (κ1) is 9.19. The maximum atomic E-state index is 3.71. The van der Waals surface area contributed by atoms with Gasteiger partial charge in [0.1, 0.15) is 0 Å². The molecule has 0 bridgehead atoms. The molecule has 0 aliphatic heterocycles. The van der Waals surface area contributed by atoms with Gasteiger partial charge in [-0.3, -0.25) is 6.07 Å². The number of aryl methyl sites for hydroxylation is 1. The predicted octanol–water partition coefficient (Wildman–Crippen LogP) is 1.97. The van der Waals surface area contributed by atoms with Crippen LogP contribution in [0, 0.1) is 19.9 Å². The van der Waals surface area contributed by atoms with E-state index in [0.29, 0.717) is 0 Å². The first-order valence-electron chi connectivity index (χ1n) is 2.59. The standard InChI is InChI=1S/C8H8.Y/c1-7-3-5-8(2)6-4-7;/h3,5-6H,1H2,2H3;/q-2;. The largest absolute Gasteiger partial charge is 0.374 e. The first-order valence-corrected chi connectivity index (χ1v) is 2.59. The van der Waals surface area contributed by atoms with Crippen molar-refractivity contribution in [1.82, 2.24) is 0 Å². The summed E-state index contributed by atoms with van der Waals surface area (Å²) in [6, 6.07) is 8.90. The van der Waals surface area contributed by atoms with E-state index in [4.69, 9.17) is 0 Å². The van der Waals surface area contributed by atoms with Gasteiger partial charge in [-0.15, -0.1) is 0 Å². The van der Waals surface area contributed by atoms with Gasteiger partial charge in [0.2, 0.25) is 0 Å². The van der Waals surface area contributed by atoms with Crippen LogP contribution in [0.1, 0.15) is 11.1 Å². The van der Waals surface area contributed by atoms with Crippen molar-refractivity contribution in [1.29, 1.82) is 0 Å². The summed E-state index contributed by atoms with van der Waals surface area (Å²) >= 11 is 0. The van der Waals surface area contributed by atoms with Crippen molar-refractivity contribution in [2.75, 3.05) is 0 Å². The van der Waals surface area contributed by atoms with Crippen LogP contribution in [-0.2, 0) is 32.7 Å². The predicted molar refractivity (Wildman–Crippen MR) is 34.5 cm³/mol. The van der Waals surface area contributed by atoms with Gasteiger partial charge < -0.3 is 18.6 Å². The molecule has 1 rings (SSSR count). The second kappa shape index (κ2) is 4.08. The van der Waals surface area contributed by atoms with Crippen molar-refractivity contribution in [2.45, 2.75) is 6.92 Å². The van der Waals surface area contributed by atoms with Gasteiger partial charge in [-0.05, 0) is 6.92 Å². The summed E-state index contributed by atoms with van der Waals surface area (Å²) < 4.78 is 0. The number of rotatable bonds is 0. The molecule has 1 radical (unpaired) electrons. The van der Waals surface area contributed by atoms with Gasteiger partial charge in [0, 0.05) is 32.7 Å². The van der Waals surface area contributed by atoms with E-state index in [1.54, 1.807) is 0 Å². The van der Waals surface area contributed by atoms with Gasteiger partial charge in [-0.25, -0.2) is 0 Å². The third kappa shape index (κ3) is 3.03. The Morgan fingerprint density at radius 1 is 1.44 bits per heavy atom. The van der Waals surface area contributed by atoms with Gasteiger partial charge in [0.05, 0.1) is 0 Å². The molecule has 0 aliphatic rings. The zero-order valence-electron chi connectivity index (χ0n) is 5.52. The Kier molecular flexibility index (Phi) is 4.17. The molecule has 0 heterocycles. The minimum Gasteiger partial charge on any atom is -0.374 e. The van der Waals surface area contributed by atoms with E-state index in [1.165, 1.54) is 5.56 Å². The van der Waals surface area contributed by atoms with E-state index in [-0.39, 0.29) is 32.7 Å². The average Bonchev–Trinajstić information content (AvgIpc) is 1.77. The minimum atomic E-state index is 0. The zero-order valence-corrected chi connectivity index (χ0v) is 8.35. The quantitative estimate of drug-likeness (QED) is 0.552. The van der Waals surface area contributed by atoms with E-state index < -0.39 is 0 Å². The molecular formula is C8H8Y-2. The molecule has 1 aromatic rings. The summed E-state index contributed by atoms with van der Waals surface area (Å²) in [6.45, 7) is 5.74. The molecule has 0 N–H and O–H groups in total. The normalized spacial score (nSPS) is 8.11. The van der Waals surface area contributed by atoms with Gasteiger partial charge in [0.25, 0.3) is 0 Å². The second-order valence-corrected chi connectivity index (χ2v) is 1.89. The monoisotopic (exact) mass is 193 g/mol. The number of hydrogen-bond acceptors (Lipinski definition) is 0. The summed E-state index contributed by atoms with van der Waals surface area (Å²) in [5.74, 6) is 0. The van der Waals surface area contributed by atoms with Crippen LogP contribution in [0.2, 0.25) is 0 Å². The van der Waals surface area contributed by atoms with Crippen LogP contribution >= 0.6 is 0 Å². The van der Waals surface area contributed by atoms with E-state index in [2.05, 4.69) is 13.0 Å². The molecule has 1 aromatic carbocycles. The zero-order chi connectivity index (χ0) is 5.98. The van der Waals surface area contributed by atoms with Gasteiger partial charge in [0.15, 0.2) is 0 Å². The fourth-order valence-electron chi connectivity index (χ4n) is 0.535. The van der Waals surface area contributed by atoms with Crippen molar-refractivity contribution in [3.63, 3.8) is 0 Å². The summed E-state index contributed by atoms with van der Waals surface area (Å²) in [5, 5.41) is 0. The smallest absolute Gasteiger partial charge is 0 e. The topological polar surface area (TPSA) is 0 Å². The molecule has 0 saturated heterocycles. The fraction of sp³-hybridized carbons (Fsp3) is 0.125. The van der Waals surface area contributed by atoms with Crippen molar-refractivity contribution in [3.8, 4) is 0 Å². The Balaban J connectivity index is 0.000000640. The summed E-state index contributed by atoms with van der Waals surface area (Å²) in [6.07, 6.45) is 0. The van der Waals surface area contributed by atoms with Gasteiger partial charge >= 0.3 is 0 Å². The summed E-state index contributed by atoms with van der Waals surface area (Å²) in [7, 11) is 0. The second-order valence-electron chi connectivity index (χ2n) is 1.89. The van der Waals surface area contributed by atoms with E-state index in [1.807, 2.05) is 25.1 Å². The Bertz CT molecular complexity index is 143. The van der Waals surface area contributed by atoms with Crippen LogP contribution in [0.15, 0.2) is 18.2 Å². The van der Waals surface area contributed by atoms with Crippen LogP contribution in [-0.4, -0.2) is 0 Å². The molecule has 1 heteroatoms. The SMILES string of the molecule is [CH2-]c1[c-]cc(C)cc1.[Y]. The molecule has 0 unspecified atom stereocenters. The molecule has 0 atom stereocenters. The fourth-order valence-corrected chi connectivity index (χ4v) is 0.535. The van der Waals surface area contributed by atoms with Crippen LogP contribution in [0.25, 0.3) is 0 Å². The van der Waals surface area contributed by atoms with E-state index in [9.17, 15) is 0 Å². The van der Waals surface area contributed by atoms with Crippen LogP contribution < -0.4 is 0 Å². The molecule has 45 valence electrons. The molecule has 0 aromatic heterocycles. The van der Waals surface area contributed by atoms with Crippen molar-refractivity contribution < 1.29 is 32.7 Å². The van der Waals surface area contributed by atoms with E-state index in [0.717, 1.165) is 5.56 Å². The third-order valence-electron chi connectivity index (χ3n) is 1.03. The van der Waals surface area contributed by atoms with Crippen LogP contribution in [0.3, 0.4) is 0 Å². The molecule has 0 saturated carbocycles. The summed E-state index contributed by atoms with van der Waals surface area (Å²) in [4.78, 5) is 0. The molecular weight excluding hydrogens is 185 g/mol. The Hall–Kier alpha value is 0.194. The Morgan fingerprint density at radius 3 is 2.44 bits per heavy atom. The molecule has 0 aliphatic carbocycles. The summed E-state index contributed by atoms with van der Waals surface area (Å²) in [5.41, 5.74) is 2.19.